The molecule has 2 rings (SSSR count). The van der Waals surface area contributed by atoms with Crippen molar-refractivity contribution in [2.75, 3.05) is 29.9 Å². The Kier molecular flexibility index (Phi) is 3.60. The zero-order valence-corrected chi connectivity index (χ0v) is 11.3. The first kappa shape index (κ1) is 12.3. The standard InChI is InChI=1S/C15H24N2/c1-15(2,3)12-16-13-7-6-8-14(11-13)17-9-4-5-10-17/h6-8,11,16H,4-5,9-10,12H2,1-3H3. The van der Waals surface area contributed by atoms with Crippen LogP contribution in [-0.4, -0.2) is 19.6 Å². The Bertz CT molecular complexity index is 359. The molecule has 94 valence electrons. The first-order chi connectivity index (χ1) is 8.04. The summed E-state index contributed by atoms with van der Waals surface area (Å²) in [5.74, 6) is 0. The zero-order chi connectivity index (χ0) is 12.3. The molecule has 2 nitrogen and oxygen atoms in total. The lowest BCUT2D eigenvalue weighted by Gasteiger charge is -2.22. The van der Waals surface area contributed by atoms with Gasteiger partial charge in [-0.3, -0.25) is 0 Å². The van der Waals surface area contributed by atoms with Crippen LogP contribution >= 0.6 is 0 Å². The van der Waals surface area contributed by atoms with Crippen LogP contribution < -0.4 is 10.2 Å². The van der Waals surface area contributed by atoms with Crippen LogP contribution in [-0.2, 0) is 0 Å². The molecule has 17 heavy (non-hydrogen) atoms. The van der Waals surface area contributed by atoms with E-state index in [4.69, 9.17) is 0 Å². The fourth-order valence-corrected chi connectivity index (χ4v) is 2.16. The van der Waals surface area contributed by atoms with Gasteiger partial charge in [-0.2, -0.15) is 0 Å². The second kappa shape index (κ2) is 4.99. The number of nitrogens with zero attached hydrogens (tertiary/aromatic N) is 1. The van der Waals surface area contributed by atoms with Crippen molar-refractivity contribution in [3.63, 3.8) is 0 Å². The van der Waals surface area contributed by atoms with Gasteiger partial charge in [-0.1, -0.05) is 26.8 Å². The summed E-state index contributed by atoms with van der Waals surface area (Å²) in [6, 6.07) is 8.80. The molecule has 0 spiro atoms. The number of benzene rings is 1. The summed E-state index contributed by atoms with van der Waals surface area (Å²) >= 11 is 0. The van der Waals surface area contributed by atoms with Gasteiger partial charge in [0.05, 0.1) is 0 Å². The Hall–Kier alpha value is -1.18. The molecule has 0 saturated carbocycles. The summed E-state index contributed by atoms with van der Waals surface area (Å²) < 4.78 is 0. The maximum Gasteiger partial charge on any atom is 0.0386 e. The largest absolute Gasteiger partial charge is 0.384 e. The number of hydrogen-bond acceptors (Lipinski definition) is 2. The third kappa shape index (κ3) is 3.65. The Balaban J connectivity index is 2.01. The highest BCUT2D eigenvalue weighted by molar-refractivity contribution is 5.58. The molecule has 1 aromatic rings. The molecule has 1 aliphatic heterocycles. The summed E-state index contributed by atoms with van der Waals surface area (Å²) in [6.07, 6.45) is 2.67. The van der Waals surface area contributed by atoms with Gasteiger partial charge >= 0.3 is 0 Å². The second-order valence-corrected chi connectivity index (χ2v) is 6.16. The van der Waals surface area contributed by atoms with Gasteiger partial charge in [0.2, 0.25) is 0 Å². The van der Waals surface area contributed by atoms with E-state index in [-0.39, 0.29) is 0 Å². The average molecular weight is 232 g/mol. The van der Waals surface area contributed by atoms with E-state index in [1.807, 2.05) is 0 Å². The molecule has 0 aliphatic carbocycles. The Morgan fingerprint density at radius 3 is 2.53 bits per heavy atom. The number of nitrogens with one attached hydrogen (secondary N) is 1. The van der Waals surface area contributed by atoms with Gasteiger partial charge in [-0.25, -0.2) is 0 Å². The molecule has 1 heterocycles. The molecule has 0 aromatic heterocycles. The summed E-state index contributed by atoms with van der Waals surface area (Å²) in [5, 5.41) is 3.52. The van der Waals surface area contributed by atoms with Crippen molar-refractivity contribution < 1.29 is 0 Å². The van der Waals surface area contributed by atoms with Crippen LogP contribution in [0.2, 0.25) is 0 Å². The van der Waals surface area contributed by atoms with E-state index < -0.39 is 0 Å². The van der Waals surface area contributed by atoms with Crippen molar-refractivity contribution in [1.82, 2.24) is 0 Å². The maximum absolute atomic E-state index is 3.52. The van der Waals surface area contributed by atoms with Crippen molar-refractivity contribution in [3.05, 3.63) is 24.3 Å². The van der Waals surface area contributed by atoms with Crippen LogP contribution in [0.3, 0.4) is 0 Å². The van der Waals surface area contributed by atoms with Crippen molar-refractivity contribution in [2.24, 2.45) is 5.41 Å². The number of rotatable bonds is 3. The average Bonchev–Trinajstić information content (AvgIpc) is 2.79. The molecule has 0 atom stereocenters. The lowest BCUT2D eigenvalue weighted by Crippen LogP contribution is -2.20. The topological polar surface area (TPSA) is 15.3 Å². The molecule has 1 aliphatic rings. The van der Waals surface area contributed by atoms with Crippen LogP contribution in [0.4, 0.5) is 11.4 Å². The minimum Gasteiger partial charge on any atom is -0.384 e. The molecule has 0 unspecified atom stereocenters. The monoisotopic (exact) mass is 232 g/mol. The van der Waals surface area contributed by atoms with Gasteiger partial charge < -0.3 is 10.2 Å². The maximum atomic E-state index is 3.52. The van der Waals surface area contributed by atoms with E-state index in [1.54, 1.807) is 0 Å². The van der Waals surface area contributed by atoms with Crippen LogP contribution in [0.5, 0.6) is 0 Å². The SMILES string of the molecule is CC(C)(C)CNc1cccc(N2CCCC2)c1. The summed E-state index contributed by atoms with van der Waals surface area (Å²) in [4.78, 5) is 2.47. The molecular formula is C15H24N2. The van der Waals surface area contributed by atoms with Gasteiger partial charge in [0, 0.05) is 31.0 Å². The highest BCUT2D eigenvalue weighted by Crippen LogP contribution is 2.24. The van der Waals surface area contributed by atoms with E-state index >= 15 is 0 Å². The lowest BCUT2D eigenvalue weighted by molar-refractivity contribution is 0.443. The Morgan fingerprint density at radius 1 is 1.18 bits per heavy atom. The van der Waals surface area contributed by atoms with E-state index in [0.717, 1.165) is 6.54 Å². The smallest absolute Gasteiger partial charge is 0.0386 e. The number of hydrogen-bond donors (Lipinski definition) is 1. The van der Waals surface area contributed by atoms with Gasteiger partial charge in [0.1, 0.15) is 0 Å². The quantitative estimate of drug-likeness (QED) is 0.854. The third-order valence-corrected chi connectivity index (χ3v) is 3.14. The van der Waals surface area contributed by atoms with Gasteiger partial charge in [-0.15, -0.1) is 0 Å². The molecule has 2 heteroatoms. The minimum absolute atomic E-state index is 0.323. The fourth-order valence-electron chi connectivity index (χ4n) is 2.16. The van der Waals surface area contributed by atoms with Crippen molar-refractivity contribution >= 4 is 11.4 Å². The zero-order valence-electron chi connectivity index (χ0n) is 11.3. The predicted molar refractivity (Wildman–Crippen MR) is 75.8 cm³/mol. The highest BCUT2D eigenvalue weighted by Gasteiger charge is 2.13. The van der Waals surface area contributed by atoms with Crippen LogP contribution in [0, 0.1) is 5.41 Å². The van der Waals surface area contributed by atoms with Crippen molar-refractivity contribution in [1.29, 1.82) is 0 Å². The van der Waals surface area contributed by atoms with E-state index in [9.17, 15) is 0 Å². The van der Waals surface area contributed by atoms with E-state index in [0.29, 0.717) is 5.41 Å². The fraction of sp³-hybridized carbons (Fsp3) is 0.600. The first-order valence-corrected chi connectivity index (χ1v) is 6.63. The molecule has 0 amide bonds. The van der Waals surface area contributed by atoms with Crippen LogP contribution in [0.1, 0.15) is 33.6 Å². The van der Waals surface area contributed by atoms with E-state index in [2.05, 4.69) is 55.3 Å². The predicted octanol–water partition coefficient (Wildman–Crippen LogP) is 3.74. The highest BCUT2D eigenvalue weighted by atomic mass is 15.1. The number of anilines is 2. The molecule has 1 aromatic carbocycles. The summed E-state index contributed by atoms with van der Waals surface area (Å²) in [6.45, 7) is 10.2. The molecule has 0 bridgehead atoms. The Morgan fingerprint density at radius 2 is 1.88 bits per heavy atom. The van der Waals surface area contributed by atoms with Crippen LogP contribution in [0.25, 0.3) is 0 Å². The molecule has 1 N–H and O–H groups in total. The summed E-state index contributed by atoms with van der Waals surface area (Å²) in [7, 11) is 0. The second-order valence-electron chi connectivity index (χ2n) is 6.16. The van der Waals surface area contributed by atoms with Crippen molar-refractivity contribution in [2.45, 2.75) is 33.6 Å². The summed E-state index contributed by atoms with van der Waals surface area (Å²) in [5.41, 5.74) is 2.93. The third-order valence-electron chi connectivity index (χ3n) is 3.14. The first-order valence-electron chi connectivity index (χ1n) is 6.63. The van der Waals surface area contributed by atoms with Gasteiger partial charge in [0.15, 0.2) is 0 Å². The normalized spacial score (nSPS) is 16.3. The molecule has 1 saturated heterocycles. The minimum atomic E-state index is 0.323. The van der Waals surface area contributed by atoms with Gasteiger partial charge in [-0.05, 0) is 36.5 Å². The molecular weight excluding hydrogens is 208 g/mol. The molecule has 0 radical (unpaired) electrons. The van der Waals surface area contributed by atoms with Crippen LogP contribution in [0.15, 0.2) is 24.3 Å². The van der Waals surface area contributed by atoms with Gasteiger partial charge in [0.25, 0.3) is 0 Å². The lowest BCUT2D eigenvalue weighted by atomic mass is 9.97. The molecule has 1 fully saturated rings. The van der Waals surface area contributed by atoms with E-state index in [1.165, 1.54) is 37.3 Å². The van der Waals surface area contributed by atoms with Crippen molar-refractivity contribution in [3.8, 4) is 0 Å². The Labute approximate surface area is 105 Å².